The first-order chi connectivity index (χ1) is 8.09. The molecule has 0 fully saturated rings. The van der Waals surface area contributed by atoms with Crippen LogP contribution in [0.4, 0.5) is 5.69 Å². The summed E-state index contributed by atoms with van der Waals surface area (Å²) in [4.78, 5) is 4.55. The number of para-hydroxylation sites is 1. The summed E-state index contributed by atoms with van der Waals surface area (Å²) in [6.07, 6.45) is 1.95. The summed E-state index contributed by atoms with van der Waals surface area (Å²) in [5.41, 5.74) is 5.93. The van der Waals surface area contributed by atoms with E-state index in [0.29, 0.717) is 0 Å². The molecule has 2 aromatic rings. The van der Waals surface area contributed by atoms with E-state index >= 15 is 0 Å². The van der Waals surface area contributed by atoms with E-state index in [9.17, 15) is 0 Å². The van der Waals surface area contributed by atoms with Gasteiger partial charge in [0.2, 0.25) is 0 Å². The number of aryl methyl sites for hydroxylation is 2. The Morgan fingerprint density at radius 2 is 1.82 bits per heavy atom. The average Bonchev–Trinajstić information content (AvgIpc) is 2.56. The smallest absolute Gasteiger partial charge is 0.0659 e. The van der Waals surface area contributed by atoms with Crippen LogP contribution in [0.25, 0.3) is 0 Å². The molecule has 0 aliphatic rings. The van der Waals surface area contributed by atoms with Crippen LogP contribution in [0.15, 0.2) is 35.3 Å². The molecule has 2 heteroatoms. The third-order valence-corrected chi connectivity index (χ3v) is 3.27. The summed E-state index contributed by atoms with van der Waals surface area (Å²) in [5.74, 6) is 0. The molecule has 2 rings (SSSR count). The van der Waals surface area contributed by atoms with Gasteiger partial charge in [-0.3, -0.25) is 4.99 Å². The van der Waals surface area contributed by atoms with Crippen LogP contribution in [-0.2, 0) is 7.05 Å². The van der Waals surface area contributed by atoms with Gasteiger partial charge >= 0.3 is 0 Å². The first kappa shape index (κ1) is 11.6. The maximum Gasteiger partial charge on any atom is 0.0659 e. The van der Waals surface area contributed by atoms with Crippen molar-refractivity contribution in [2.75, 3.05) is 0 Å². The van der Waals surface area contributed by atoms with Gasteiger partial charge in [-0.2, -0.15) is 0 Å². The largest absolute Gasteiger partial charge is 0.352 e. The summed E-state index contributed by atoms with van der Waals surface area (Å²) >= 11 is 0. The van der Waals surface area contributed by atoms with Gasteiger partial charge in [0, 0.05) is 30.2 Å². The molecule has 0 aliphatic carbocycles. The van der Waals surface area contributed by atoms with Gasteiger partial charge in [-0.25, -0.2) is 0 Å². The molecule has 0 N–H and O–H groups in total. The molecule has 1 aromatic heterocycles. The Hall–Kier alpha value is -1.83. The highest BCUT2D eigenvalue weighted by molar-refractivity contribution is 5.84. The molecule has 0 saturated heterocycles. The average molecular weight is 226 g/mol. The normalized spacial score (nSPS) is 11.3. The minimum absolute atomic E-state index is 1.04. The number of hydrogen-bond acceptors (Lipinski definition) is 1. The van der Waals surface area contributed by atoms with Crippen LogP contribution in [0, 0.1) is 20.8 Å². The van der Waals surface area contributed by atoms with Crippen molar-refractivity contribution < 1.29 is 0 Å². The number of rotatable bonds is 2. The molecule has 0 spiro atoms. The first-order valence-corrected chi connectivity index (χ1v) is 5.82. The fourth-order valence-electron chi connectivity index (χ4n) is 1.86. The topological polar surface area (TPSA) is 17.3 Å². The minimum Gasteiger partial charge on any atom is -0.352 e. The van der Waals surface area contributed by atoms with Crippen LogP contribution >= 0.6 is 0 Å². The molecule has 1 heterocycles. The van der Waals surface area contributed by atoms with Gasteiger partial charge in [0.05, 0.1) is 5.69 Å². The second-order valence-corrected chi connectivity index (χ2v) is 4.43. The molecule has 1 aromatic carbocycles. The van der Waals surface area contributed by atoms with E-state index in [2.05, 4.69) is 49.5 Å². The van der Waals surface area contributed by atoms with E-state index in [0.717, 1.165) is 5.69 Å². The predicted molar refractivity (Wildman–Crippen MR) is 73.3 cm³/mol. The van der Waals surface area contributed by atoms with E-state index in [1.165, 1.54) is 22.5 Å². The summed E-state index contributed by atoms with van der Waals surface area (Å²) < 4.78 is 2.18. The number of benzene rings is 1. The molecule has 0 bridgehead atoms. The number of aliphatic imine (C=N–C) groups is 1. The quantitative estimate of drug-likeness (QED) is 0.695. The predicted octanol–water partition coefficient (Wildman–Crippen LogP) is 3.70. The fourth-order valence-corrected chi connectivity index (χ4v) is 1.86. The third kappa shape index (κ3) is 2.31. The van der Waals surface area contributed by atoms with Crippen LogP contribution in [0.2, 0.25) is 0 Å². The van der Waals surface area contributed by atoms with Crippen LogP contribution in [-0.4, -0.2) is 10.8 Å². The lowest BCUT2D eigenvalue weighted by Crippen LogP contribution is -1.93. The van der Waals surface area contributed by atoms with Gasteiger partial charge in [0.15, 0.2) is 0 Å². The van der Waals surface area contributed by atoms with Crippen LogP contribution in [0.3, 0.4) is 0 Å². The molecule has 2 nitrogen and oxygen atoms in total. The zero-order valence-electron chi connectivity index (χ0n) is 10.9. The van der Waals surface area contributed by atoms with Gasteiger partial charge in [0.25, 0.3) is 0 Å². The Labute approximate surface area is 103 Å². The van der Waals surface area contributed by atoms with Crippen molar-refractivity contribution in [3.63, 3.8) is 0 Å². The lowest BCUT2D eigenvalue weighted by atomic mass is 10.2. The van der Waals surface area contributed by atoms with Crippen LogP contribution in [0.5, 0.6) is 0 Å². The summed E-state index contributed by atoms with van der Waals surface area (Å²) in [6.45, 7) is 6.31. The molecular weight excluding hydrogens is 208 g/mol. The van der Waals surface area contributed by atoms with Gasteiger partial charge in [-0.1, -0.05) is 18.2 Å². The summed E-state index contributed by atoms with van der Waals surface area (Å²) in [7, 11) is 2.08. The number of nitrogens with zero attached hydrogens (tertiary/aromatic N) is 2. The second-order valence-electron chi connectivity index (χ2n) is 4.43. The maximum atomic E-state index is 4.55. The maximum absolute atomic E-state index is 4.55. The van der Waals surface area contributed by atoms with E-state index < -0.39 is 0 Å². The van der Waals surface area contributed by atoms with Gasteiger partial charge in [0.1, 0.15) is 0 Å². The Morgan fingerprint density at radius 3 is 2.41 bits per heavy atom. The zero-order chi connectivity index (χ0) is 12.4. The van der Waals surface area contributed by atoms with Gasteiger partial charge in [-0.15, -0.1) is 0 Å². The van der Waals surface area contributed by atoms with Gasteiger partial charge in [-0.05, 0) is 38.5 Å². The molecule has 0 amide bonds. The molecule has 0 unspecified atom stereocenters. The zero-order valence-corrected chi connectivity index (χ0v) is 10.9. The van der Waals surface area contributed by atoms with E-state index in [1.807, 2.05) is 24.4 Å². The summed E-state index contributed by atoms with van der Waals surface area (Å²) in [6, 6.07) is 10.3. The van der Waals surface area contributed by atoms with Crippen molar-refractivity contribution in [3.05, 3.63) is 52.8 Å². The van der Waals surface area contributed by atoms with E-state index in [4.69, 9.17) is 0 Å². The Bertz CT molecular complexity index is 562. The third-order valence-electron chi connectivity index (χ3n) is 3.27. The first-order valence-electron chi connectivity index (χ1n) is 5.82. The van der Waals surface area contributed by atoms with Crippen molar-refractivity contribution in [2.24, 2.45) is 12.0 Å². The van der Waals surface area contributed by atoms with E-state index in [-0.39, 0.29) is 0 Å². The standard InChI is InChI=1S/C15H18N2/c1-11-7-5-6-8-15(11)16-10-14-9-12(2)17(4)13(14)3/h5-10H,1-4H3. The van der Waals surface area contributed by atoms with Crippen LogP contribution < -0.4 is 0 Å². The number of aromatic nitrogens is 1. The number of hydrogen-bond donors (Lipinski definition) is 0. The Kier molecular flexibility index (Phi) is 3.14. The summed E-state index contributed by atoms with van der Waals surface area (Å²) in [5, 5.41) is 0. The van der Waals surface area contributed by atoms with Crippen molar-refractivity contribution in [1.29, 1.82) is 0 Å². The van der Waals surface area contributed by atoms with Gasteiger partial charge < -0.3 is 4.57 Å². The van der Waals surface area contributed by atoms with Crippen molar-refractivity contribution in [2.45, 2.75) is 20.8 Å². The van der Waals surface area contributed by atoms with Crippen LogP contribution in [0.1, 0.15) is 22.5 Å². The lowest BCUT2D eigenvalue weighted by molar-refractivity contribution is 0.843. The highest BCUT2D eigenvalue weighted by Gasteiger charge is 2.03. The lowest BCUT2D eigenvalue weighted by Gasteiger charge is -2.00. The monoisotopic (exact) mass is 226 g/mol. The highest BCUT2D eigenvalue weighted by Crippen LogP contribution is 2.18. The van der Waals surface area contributed by atoms with Crippen molar-refractivity contribution >= 4 is 11.9 Å². The second kappa shape index (κ2) is 4.58. The highest BCUT2D eigenvalue weighted by atomic mass is 14.9. The molecule has 0 radical (unpaired) electrons. The Balaban J connectivity index is 2.33. The Morgan fingerprint density at radius 1 is 1.12 bits per heavy atom. The molecule has 0 saturated carbocycles. The molecule has 17 heavy (non-hydrogen) atoms. The SMILES string of the molecule is Cc1ccccc1N=Cc1cc(C)n(C)c1C. The van der Waals surface area contributed by atoms with Crippen molar-refractivity contribution in [1.82, 2.24) is 4.57 Å². The molecule has 0 atom stereocenters. The molecule has 88 valence electrons. The minimum atomic E-state index is 1.04. The molecule has 0 aliphatic heterocycles. The van der Waals surface area contributed by atoms with E-state index in [1.54, 1.807) is 0 Å². The van der Waals surface area contributed by atoms with Crippen molar-refractivity contribution in [3.8, 4) is 0 Å². The molecular formula is C15H18N2. The fraction of sp³-hybridized carbons (Fsp3) is 0.267.